The van der Waals surface area contributed by atoms with E-state index in [1.165, 1.54) is 0 Å². The summed E-state index contributed by atoms with van der Waals surface area (Å²) < 4.78 is 0. The maximum atomic E-state index is 11.0. The Morgan fingerprint density at radius 1 is 1.00 bits per heavy atom. The first-order valence-electron chi connectivity index (χ1n) is 5.37. The fraction of sp³-hybridized carbons (Fsp3) is 0.0714. The van der Waals surface area contributed by atoms with E-state index in [9.17, 15) is 4.79 Å². The van der Waals surface area contributed by atoms with Gasteiger partial charge in [0.1, 0.15) is 0 Å². The molecule has 0 aliphatic heterocycles. The highest BCUT2D eigenvalue weighted by molar-refractivity contribution is 5.94. The molecule has 0 saturated carbocycles. The molecule has 0 fully saturated rings. The molecule has 86 valence electrons. The van der Waals surface area contributed by atoms with Crippen molar-refractivity contribution < 1.29 is 9.90 Å². The minimum Gasteiger partial charge on any atom is -0.478 e. The topological polar surface area (TPSA) is 49.3 Å². The van der Waals surface area contributed by atoms with Crippen LogP contribution in [0, 0.1) is 0 Å². The summed E-state index contributed by atoms with van der Waals surface area (Å²) in [4.78, 5) is 11.0. The van der Waals surface area contributed by atoms with Crippen molar-refractivity contribution in [3.05, 3.63) is 65.7 Å². The fourth-order valence-electron chi connectivity index (χ4n) is 1.62. The summed E-state index contributed by atoms with van der Waals surface area (Å²) in [5, 5.41) is 12.2. The third kappa shape index (κ3) is 2.84. The van der Waals surface area contributed by atoms with Gasteiger partial charge in [-0.1, -0.05) is 42.5 Å². The Balaban J connectivity index is 2.12. The number of rotatable bonds is 4. The highest BCUT2D eigenvalue weighted by Gasteiger charge is 2.07. The number of carboxylic acids is 1. The molecule has 0 bridgehead atoms. The molecule has 3 nitrogen and oxygen atoms in total. The van der Waals surface area contributed by atoms with Crippen LogP contribution in [-0.4, -0.2) is 11.1 Å². The van der Waals surface area contributed by atoms with Gasteiger partial charge in [0.2, 0.25) is 0 Å². The van der Waals surface area contributed by atoms with Crippen LogP contribution in [0.15, 0.2) is 54.6 Å². The first-order chi connectivity index (χ1) is 8.27. The van der Waals surface area contributed by atoms with Gasteiger partial charge in [-0.05, 0) is 17.7 Å². The molecule has 3 heteroatoms. The van der Waals surface area contributed by atoms with E-state index in [0.29, 0.717) is 17.8 Å². The third-order valence-electron chi connectivity index (χ3n) is 2.48. The summed E-state index contributed by atoms with van der Waals surface area (Å²) in [5.41, 5.74) is 2.06. The van der Waals surface area contributed by atoms with E-state index in [0.717, 1.165) is 5.56 Å². The first kappa shape index (κ1) is 11.2. The molecule has 0 aliphatic carbocycles. The number of carboxylic acid groups (broad SMARTS) is 1. The SMILES string of the molecule is O=C(O)c1ccccc1NCc1ccccc1. The number of hydrogen-bond donors (Lipinski definition) is 2. The Hall–Kier alpha value is -2.29. The van der Waals surface area contributed by atoms with E-state index in [-0.39, 0.29) is 0 Å². The second-order valence-corrected chi connectivity index (χ2v) is 3.69. The Labute approximate surface area is 99.7 Å². The molecule has 0 amide bonds. The van der Waals surface area contributed by atoms with Crippen LogP contribution in [0.5, 0.6) is 0 Å². The number of hydrogen-bond acceptors (Lipinski definition) is 2. The van der Waals surface area contributed by atoms with Crippen LogP contribution in [-0.2, 0) is 6.54 Å². The highest BCUT2D eigenvalue weighted by atomic mass is 16.4. The van der Waals surface area contributed by atoms with Crippen molar-refractivity contribution >= 4 is 11.7 Å². The molecule has 0 unspecified atom stereocenters. The van der Waals surface area contributed by atoms with E-state index >= 15 is 0 Å². The zero-order valence-corrected chi connectivity index (χ0v) is 9.26. The van der Waals surface area contributed by atoms with Gasteiger partial charge in [-0.25, -0.2) is 4.79 Å². The third-order valence-corrected chi connectivity index (χ3v) is 2.48. The Morgan fingerprint density at radius 3 is 2.35 bits per heavy atom. The minimum atomic E-state index is -0.916. The lowest BCUT2D eigenvalue weighted by Gasteiger charge is -2.09. The van der Waals surface area contributed by atoms with Crippen molar-refractivity contribution in [1.82, 2.24) is 0 Å². The maximum Gasteiger partial charge on any atom is 0.337 e. The second kappa shape index (κ2) is 5.16. The molecule has 2 aromatic rings. The molecule has 2 aromatic carbocycles. The van der Waals surface area contributed by atoms with Crippen molar-refractivity contribution in [3.63, 3.8) is 0 Å². The van der Waals surface area contributed by atoms with Crippen LogP contribution in [0.1, 0.15) is 15.9 Å². The molecular formula is C14H13NO2. The number of benzene rings is 2. The molecule has 0 atom stereocenters. The van der Waals surface area contributed by atoms with E-state index in [2.05, 4.69) is 5.32 Å². The number of para-hydroxylation sites is 1. The summed E-state index contributed by atoms with van der Waals surface area (Å²) >= 11 is 0. The lowest BCUT2D eigenvalue weighted by molar-refractivity contribution is 0.0698. The Bertz CT molecular complexity index is 509. The summed E-state index contributed by atoms with van der Waals surface area (Å²) in [7, 11) is 0. The fourth-order valence-corrected chi connectivity index (χ4v) is 1.62. The van der Waals surface area contributed by atoms with Crippen LogP contribution in [0.3, 0.4) is 0 Å². The lowest BCUT2D eigenvalue weighted by Crippen LogP contribution is -2.05. The Morgan fingerprint density at radius 2 is 1.65 bits per heavy atom. The zero-order valence-electron chi connectivity index (χ0n) is 9.26. The monoisotopic (exact) mass is 227 g/mol. The summed E-state index contributed by atoms with van der Waals surface area (Å²) in [6.07, 6.45) is 0. The van der Waals surface area contributed by atoms with Crippen molar-refractivity contribution in [2.45, 2.75) is 6.54 Å². The number of aromatic carboxylic acids is 1. The molecule has 0 saturated heterocycles. The van der Waals surface area contributed by atoms with Gasteiger partial charge in [0.05, 0.1) is 5.56 Å². The maximum absolute atomic E-state index is 11.0. The number of anilines is 1. The van der Waals surface area contributed by atoms with Crippen molar-refractivity contribution in [2.24, 2.45) is 0 Å². The van der Waals surface area contributed by atoms with Gasteiger partial charge in [-0.3, -0.25) is 0 Å². The van der Waals surface area contributed by atoms with Gasteiger partial charge in [-0.2, -0.15) is 0 Å². The minimum absolute atomic E-state index is 0.295. The van der Waals surface area contributed by atoms with Gasteiger partial charge in [-0.15, -0.1) is 0 Å². The molecule has 0 aromatic heterocycles. The second-order valence-electron chi connectivity index (χ2n) is 3.69. The van der Waals surface area contributed by atoms with Crippen LogP contribution in [0.25, 0.3) is 0 Å². The summed E-state index contributed by atoms with van der Waals surface area (Å²) in [6, 6.07) is 16.8. The molecule has 0 heterocycles. The molecule has 0 aliphatic rings. The van der Waals surface area contributed by atoms with Crippen molar-refractivity contribution in [3.8, 4) is 0 Å². The molecule has 2 N–H and O–H groups in total. The van der Waals surface area contributed by atoms with Gasteiger partial charge in [0.25, 0.3) is 0 Å². The average molecular weight is 227 g/mol. The number of nitrogens with one attached hydrogen (secondary N) is 1. The van der Waals surface area contributed by atoms with Crippen LogP contribution in [0.2, 0.25) is 0 Å². The van der Waals surface area contributed by atoms with Gasteiger partial charge < -0.3 is 10.4 Å². The summed E-state index contributed by atoms with van der Waals surface area (Å²) in [5.74, 6) is -0.916. The molecular weight excluding hydrogens is 214 g/mol. The summed E-state index contributed by atoms with van der Waals surface area (Å²) in [6.45, 7) is 0.616. The van der Waals surface area contributed by atoms with E-state index in [1.807, 2.05) is 36.4 Å². The van der Waals surface area contributed by atoms with E-state index in [1.54, 1.807) is 18.2 Å². The Kier molecular flexibility index (Phi) is 3.40. The van der Waals surface area contributed by atoms with Crippen LogP contribution < -0.4 is 5.32 Å². The first-order valence-corrected chi connectivity index (χ1v) is 5.37. The van der Waals surface area contributed by atoms with Gasteiger partial charge in [0, 0.05) is 12.2 Å². The number of carbonyl (C=O) groups is 1. The van der Waals surface area contributed by atoms with Crippen LogP contribution in [0.4, 0.5) is 5.69 Å². The normalized spacial score (nSPS) is 9.88. The zero-order chi connectivity index (χ0) is 12.1. The van der Waals surface area contributed by atoms with Crippen molar-refractivity contribution in [2.75, 3.05) is 5.32 Å². The standard InChI is InChI=1S/C14H13NO2/c16-14(17)12-8-4-5-9-13(12)15-10-11-6-2-1-3-7-11/h1-9,15H,10H2,(H,16,17). The quantitative estimate of drug-likeness (QED) is 0.844. The van der Waals surface area contributed by atoms with E-state index < -0.39 is 5.97 Å². The lowest BCUT2D eigenvalue weighted by atomic mass is 10.1. The van der Waals surface area contributed by atoms with Gasteiger partial charge in [0.15, 0.2) is 0 Å². The smallest absolute Gasteiger partial charge is 0.337 e. The molecule has 2 rings (SSSR count). The average Bonchev–Trinajstić information content (AvgIpc) is 2.38. The largest absolute Gasteiger partial charge is 0.478 e. The molecule has 17 heavy (non-hydrogen) atoms. The molecule has 0 radical (unpaired) electrons. The van der Waals surface area contributed by atoms with Crippen molar-refractivity contribution in [1.29, 1.82) is 0 Å². The van der Waals surface area contributed by atoms with Crippen LogP contribution >= 0.6 is 0 Å². The van der Waals surface area contributed by atoms with E-state index in [4.69, 9.17) is 5.11 Å². The predicted molar refractivity (Wildman–Crippen MR) is 67.2 cm³/mol. The molecule has 0 spiro atoms. The highest BCUT2D eigenvalue weighted by Crippen LogP contribution is 2.15. The van der Waals surface area contributed by atoms with Gasteiger partial charge >= 0.3 is 5.97 Å². The predicted octanol–water partition coefficient (Wildman–Crippen LogP) is 3.00.